The van der Waals surface area contributed by atoms with Crippen molar-refractivity contribution in [1.82, 2.24) is 9.97 Å². The van der Waals surface area contributed by atoms with Crippen LogP contribution in [0.1, 0.15) is 77.8 Å². The lowest BCUT2D eigenvalue weighted by atomic mass is 10.0. The zero-order valence-corrected chi connectivity index (χ0v) is 26.5. The molecule has 0 atom stereocenters. The van der Waals surface area contributed by atoms with Crippen LogP contribution in [0.3, 0.4) is 0 Å². The summed E-state index contributed by atoms with van der Waals surface area (Å²) < 4.78 is 63.7. The Hall–Kier alpha value is -5.08. The molecule has 0 spiro atoms. The lowest BCUT2D eigenvalue weighted by molar-refractivity contribution is 0.0473. The molecule has 0 saturated carbocycles. The summed E-state index contributed by atoms with van der Waals surface area (Å²) in [5, 5.41) is 17.4. The molecule has 0 bridgehead atoms. The van der Waals surface area contributed by atoms with Gasteiger partial charge in [0.25, 0.3) is 0 Å². The monoisotopic (exact) mass is 710 g/mol. The molecule has 10 nitrogen and oxygen atoms in total. The van der Waals surface area contributed by atoms with Gasteiger partial charge in [0, 0.05) is 37.4 Å². The van der Waals surface area contributed by atoms with Crippen LogP contribution in [0.4, 0.5) is 17.6 Å². The maximum atomic E-state index is 13.9. The molecule has 252 valence electrons. The molecule has 2 N–H and O–H groups in total. The van der Waals surface area contributed by atoms with Crippen molar-refractivity contribution in [3.05, 3.63) is 127 Å². The van der Waals surface area contributed by atoms with E-state index in [1.165, 1.54) is 12.3 Å². The first-order valence-corrected chi connectivity index (χ1v) is 14.5. The minimum Gasteiger partial charge on any atom is -0.478 e. The lowest BCUT2D eigenvalue weighted by Gasteiger charge is -2.10. The van der Waals surface area contributed by atoms with Gasteiger partial charge in [-0.3, -0.25) is 0 Å². The Morgan fingerprint density at radius 2 is 1.06 bits per heavy atom. The van der Waals surface area contributed by atoms with Crippen molar-refractivity contribution >= 4 is 47.1 Å². The lowest BCUT2D eigenvalue weighted by Crippen LogP contribution is -2.16. The number of aromatic carboxylic acids is 2. The van der Waals surface area contributed by atoms with Crippen LogP contribution in [-0.4, -0.2) is 57.3 Å². The molecule has 48 heavy (non-hydrogen) atoms. The number of rotatable bonds is 10. The minimum atomic E-state index is -1.49. The predicted molar refractivity (Wildman–Crippen MR) is 163 cm³/mol. The molecular formula is C32H24Cl2F4N2O8. The number of benzene rings is 2. The first kappa shape index (κ1) is 37.4. The quantitative estimate of drug-likeness (QED) is 0.100. The number of aromatic nitrogens is 2. The van der Waals surface area contributed by atoms with E-state index in [1.54, 1.807) is 13.8 Å². The molecule has 2 aromatic carbocycles. The summed E-state index contributed by atoms with van der Waals surface area (Å²) in [5.41, 5.74) is -0.577. The molecule has 0 fully saturated rings. The number of hydrogen-bond acceptors (Lipinski definition) is 8. The highest BCUT2D eigenvalue weighted by Crippen LogP contribution is 2.24. The van der Waals surface area contributed by atoms with E-state index in [-0.39, 0.29) is 64.0 Å². The Bertz CT molecular complexity index is 1890. The third kappa shape index (κ3) is 9.48. The van der Waals surface area contributed by atoms with E-state index in [4.69, 9.17) is 42.9 Å². The molecule has 2 heterocycles. The van der Waals surface area contributed by atoms with Crippen molar-refractivity contribution in [2.45, 2.75) is 26.7 Å². The third-order valence-electron chi connectivity index (χ3n) is 6.25. The second-order valence-electron chi connectivity index (χ2n) is 9.60. The van der Waals surface area contributed by atoms with Gasteiger partial charge in [0.2, 0.25) is 0 Å². The molecule has 4 aromatic rings. The first-order chi connectivity index (χ1) is 22.7. The summed E-state index contributed by atoms with van der Waals surface area (Å²) in [4.78, 5) is 53.6. The summed E-state index contributed by atoms with van der Waals surface area (Å²) in [7, 11) is 0. The van der Waals surface area contributed by atoms with Crippen molar-refractivity contribution in [3.63, 3.8) is 0 Å². The largest absolute Gasteiger partial charge is 0.478 e. The number of nitrogens with zero attached hydrogens (tertiary/aromatic N) is 2. The van der Waals surface area contributed by atoms with Crippen molar-refractivity contribution in [3.8, 4) is 0 Å². The maximum Gasteiger partial charge on any atom is 0.357 e. The Balaban J connectivity index is 0.000000264. The fourth-order valence-corrected chi connectivity index (χ4v) is 4.48. The standard InChI is InChI=1S/C18H16ClF2NO4.C14H8ClF2NO4/c1-3-25-17(23)12-6-10(9-22-16(12)18(24)26-4-2)5-11-7-13(19)15(21)8-14(11)20;15-9-3-7(10(16)4-11(9)17)1-6-2-8(13(19)20)12(14(21)22)18-5-6/h6-9H,3-5H2,1-2H3;2-5H,1H2,(H,19,20)(H,21,22). The van der Waals surface area contributed by atoms with E-state index in [1.807, 2.05) is 0 Å². The molecule has 0 aliphatic carbocycles. The summed E-state index contributed by atoms with van der Waals surface area (Å²) in [6, 6.07) is 6.00. The normalized spacial score (nSPS) is 10.5. The number of carboxylic acids is 2. The number of esters is 2. The van der Waals surface area contributed by atoms with Crippen LogP contribution < -0.4 is 0 Å². The van der Waals surface area contributed by atoms with Gasteiger partial charge in [0.1, 0.15) is 23.3 Å². The number of carboxylic acid groups (broad SMARTS) is 2. The molecule has 0 radical (unpaired) electrons. The van der Waals surface area contributed by atoms with E-state index < -0.39 is 58.4 Å². The van der Waals surface area contributed by atoms with Gasteiger partial charge >= 0.3 is 23.9 Å². The number of ether oxygens (including phenoxy) is 2. The van der Waals surface area contributed by atoms with Crippen molar-refractivity contribution in [2.24, 2.45) is 0 Å². The van der Waals surface area contributed by atoms with Crippen LogP contribution in [-0.2, 0) is 22.3 Å². The SMILES string of the molecule is CCOC(=O)c1cc(Cc2cc(Cl)c(F)cc2F)cnc1C(=O)OCC.O=C(O)c1cc(Cc2cc(Cl)c(F)cc2F)cnc1C(=O)O. The third-order valence-corrected chi connectivity index (χ3v) is 6.83. The Morgan fingerprint density at radius 3 is 1.50 bits per heavy atom. The van der Waals surface area contributed by atoms with Crippen LogP contribution in [0.5, 0.6) is 0 Å². The highest BCUT2D eigenvalue weighted by Gasteiger charge is 2.23. The number of carbonyl (C=O) groups is 4. The number of hydrogen-bond donors (Lipinski definition) is 2. The number of carbonyl (C=O) groups excluding carboxylic acids is 2. The maximum absolute atomic E-state index is 13.9. The van der Waals surface area contributed by atoms with Gasteiger partial charge in [-0.25, -0.2) is 46.7 Å². The van der Waals surface area contributed by atoms with E-state index in [0.29, 0.717) is 17.7 Å². The van der Waals surface area contributed by atoms with Gasteiger partial charge < -0.3 is 19.7 Å². The summed E-state index contributed by atoms with van der Waals surface area (Å²) in [6.07, 6.45) is 2.31. The molecule has 2 aromatic heterocycles. The van der Waals surface area contributed by atoms with E-state index in [9.17, 15) is 36.7 Å². The fraction of sp³-hybridized carbons (Fsp3) is 0.188. The molecule has 0 aliphatic rings. The summed E-state index contributed by atoms with van der Waals surface area (Å²) >= 11 is 11.3. The Morgan fingerprint density at radius 1 is 0.625 bits per heavy atom. The van der Waals surface area contributed by atoms with Gasteiger partial charge in [-0.2, -0.15) is 0 Å². The number of pyridine rings is 2. The highest BCUT2D eigenvalue weighted by molar-refractivity contribution is 6.31. The van der Waals surface area contributed by atoms with E-state index in [0.717, 1.165) is 24.4 Å². The van der Waals surface area contributed by atoms with Crippen LogP contribution in [0, 0.1) is 23.3 Å². The van der Waals surface area contributed by atoms with Crippen molar-refractivity contribution in [1.29, 1.82) is 0 Å². The molecular weight excluding hydrogens is 687 g/mol. The van der Waals surface area contributed by atoms with Crippen LogP contribution in [0.25, 0.3) is 0 Å². The van der Waals surface area contributed by atoms with Crippen LogP contribution in [0.15, 0.2) is 48.8 Å². The topological polar surface area (TPSA) is 153 Å². The molecule has 0 aliphatic heterocycles. The molecule has 4 rings (SSSR count). The van der Waals surface area contributed by atoms with Crippen molar-refractivity contribution < 1.29 is 56.4 Å². The van der Waals surface area contributed by atoms with Gasteiger partial charge in [-0.05, 0) is 60.4 Å². The smallest absolute Gasteiger partial charge is 0.357 e. The summed E-state index contributed by atoms with van der Waals surface area (Å²) in [6.45, 7) is 3.46. The van der Waals surface area contributed by atoms with E-state index >= 15 is 0 Å². The van der Waals surface area contributed by atoms with Crippen LogP contribution >= 0.6 is 23.2 Å². The van der Waals surface area contributed by atoms with Gasteiger partial charge in [-0.15, -0.1) is 0 Å². The fourth-order valence-electron chi connectivity index (χ4n) is 4.11. The zero-order valence-electron chi connectivity index (χ0n) is 25.0. The predicted octanol–water partition coefficient (Wildman–Crippen LogP) is 6.96. The minimum absolute atomic E-state index is 0.00561. The average Bonchev–Trinajstić information content (AvgIpc) is 3.02. The zero-order chi connectivity index (χ0) is 35.7. The Labute approximate surface area is 279 Å². The Kier molecular flexibility index (Phi) is 13.0. The highest BCUT2D eigenvalue weighted by atomic mass is 35.5. The van der Waals surface area contributed by atoms with E-state index in [2.05, 4.69) is 9.97 Å². The average molecular weight is 711 g/mol. The van der Waals surface area contributed by atoms with Gasteiger partial charge in [-0.1, -0.05) is 23.2 Å². The van der Waals surface area contributed by atoms with Crippen molar-refractivity contribution in [2.75, 3.05) is 13.2 Å². The second kappa shape index (κ2) is 16.7. The molecule has 0 saturated heterocycles. The summed E-state index contributed by atoms with van der Waals surface area (Å²) in [5.74, 6) is -7.87. The second-order valence-corrected chi connectivity index (χ2v) is 10.4. The van der Waals surface area contributed by atoms with Gasteiger partial charge in [0.05, 0.1) is 34.4 Å². The molecule has 16 heteroatoms. The van der Waals surface area contributed by atoms with Crippen LogP contribution in [0.2, 0.25) is 10.0 Å². The molecule has 0 unspecified atom stereocenters. The number of halogens is 6. The van der Waals surface area contributed by atoms with Gasteiger partial charge in [0.15, 0.2) is 11.4 Å². The molecule has 0 amide bonds. The first-order valence-electron chi connectivity index (χ1n) is 13.7.